The number of anilines is 1. The van der Waals surface area contributed by atoms with Gasteiger partial charge in [0.2, 0.25) is 5.91 Å². The van der Waals surface area contributed by atoms with Gasteiger partial charge in [-0.25, -0.2) is 4.98 Å². The second-order valence-electron chi connectivity index (χ2n) is 4.95. The van der Waals surface area contributed by atoms with Gasteiger partial charge in [-0.15, -0.1) is 0 Å². The molecule has 0 unspecified atom stereocenters. The number of hydrogen-bond donors (Lipinski definition) is 2. The molecule has 1 amide bonds. The van der Waals surface area contributed by atoms with E-state index in [0.29, 0.717) is 0 Å². The Bertz CT molecular complexity index is 605. The zero-order chi connectivity index (χ0) is 13.2. The van der Waals surface area contributed by atoms with E-state index in [4.69, 9.17) is 0 Å². The van der Waals surface area contributed by atoms with E-state index in [1.54, 1.807) is 18.7 Å². The summed E-state index contributed by atoms with van der Waals surface area (Å²) in [6.45, 7) is 1.96. The average Bonchev–Trinajstić information content (AvgIpc) is 2.88. The molecule has 0 radical (unpaired) electrons. The maximum Gasteiger partial charge on any atom is 0.227 e. The minimum absolute atomic E-state index is 0.00700. The van der Waals surface area contributed by atoms with Gasteiger partial charge < -0.3 is 10.3 Å². The molecule has 2 N–H and O–H groups in total. The molecular formula is C14H16N4O. The molecule has 2 aromatic heterocycles. The number of aryl methyl sites for hydroxylation is 2. The van der Waals surface area contributed by atoms with Gasteiger partial charge >= 0.3 is 0 Å². The van der Waals surface area contributed by atoms with Gasteiger partial charge in [0.1, 0.15) is 0 Å². The Labute approximate surface area is 111 Å². The fourth-order valence-corrected chi connectivity index (χ4v) is 2.45. The third kappa shape index (κ3) is 2.36. The quantitative estimate of drug-likeness (QED) is 0.861. The van der Waals surface area contributed by atoms with Gasteiger partial charge in [0.25, 0.3) is 0 Å². The fourth-order valence-electron chi connectivity index (χ4n) is 2.45. The van der Waals surface area contributed by atoms with Crippen LogP contribution in [0.3, 0.4) is 0 Å². The van der Waals surface area contributed by atoms with Gasteiger partial charge in [0.15, 0.2) is 0 Å². The van der Waals surface area contributed by atoms with Crippen LogP contribution in [0.2, 0.25) is 0 Å². The Balaban J connectivity index is 1.71. The van der Waals surface area contributed by atoms with Crippen LogP contribution in [0.4, 0.5) is 5.69 Å². The minimum atomic E-state index is 0.00700. The lowest BCUT2D eigenvalue weighted by Crippen LogP contribution is -2.28. The Morgan fingerprint density at radius 2 is 2.42 bits per heavy atom. The van der Waals surface area contributed by atoms with Crippen molar-refractivity contribution in [2.75, 3.05) is 5.32 Å². The van der Waals surface area contributed by atoms with Crippen LogP contribution in [0.1, 0.15) is 23.4 Å². The Kier molecular flexibility index (Phi) is 3.03. The standard InChI is InChI=1S/C14H16N4O/c1-9-4-5-15-7-13(9)18-14(19)10-2-3-11-12(6-10)17-8-16-11/h4-5,7-8,10H,2-3,6H2,1H3,(H,16,17)(H,18,19)/t10-/m0/s1. The van der Waals surface area contributed by atoms with Gasteiger partial charge in [0, 0.05) is 24.2 Å². The Morgan fingerprint density at radius 3 is 3.26 bits per heavy atom. The molecule has 3 rings (SSSR count). The largest absolute Gasteiger partial charge is 0.348 e. The van der Waals surface area contributed by atoms with Crippen molar-refractivity contribution < 1.29 is 4.79 Å². The van der Waals surface area contributed by atoms with Gasteiger partial charge in [0.05, 0.1) is 23.9 Å². The highest BCUT2D eigenvalue weighted by atomic mass is 16.1. The monoisotopic (exact) mass is 256 g/mol. The summed E-state index contributed by atoms with van der Waals surface area (Å²) in [6.07, 6.45) is 7.57. The maximum atomic E-state index is 12.3. The third-order valence-corrected chi connectivity index (χ3v) is 3.66. The molecular weight excluding hydrogens is 240 g/mol. The number of fused-ring (bicyclic) bond motifs is 1. The lowest BCUT2D eigenvalue weighted by molar-refractivity contribution is -0.120. The number of aromatic nitrogens is 3. The molecule has 0 aromatic carbocycles. The summed E-state index contributed by atoms with van der Waals surface area (Å²) in [5, 5.41) is 2.97. The predicted octanol–water partition coefficient (Wildman–Crippen LogP) is 1.86. The van der Waals surface area contributed by atoms with E-state index in [2.05, 4.69) is 20.3 Å². The summed E-state index contributed by atoms with van der Waals surface area (Å²) >= 11 is 0. The molecule has 0 saturated carbocycles. The first-order valence-corrected chi connectivity index (χ1v) is 6.46. The van der Waals surface area contributed by atoms with Crippen molar-refractivity contribution in [2.24, 2.45) is 5.92 Å². The molecule has 0 fully saturated rings. The zero-order valence-electron chi connectivity index (χ0n) is 10.8. The molecule has 0 bridgehead atoms. The van der Waals surface area contributed by atoms with Gasteiger partial charge in [-0.05, 0) is 31.4 Å². The number of aromatic amines is 1. The molecule has 5 nitrogen and oxygen atoms in total. The van der Waals surface area contributed by atoms with E-state index >= 15 is 0 Å². The molecule has 5 heteroatoms. The van der Waals surface area contributed by atoms with E-state index in [1.807, 2.05) is 13.0 Å². The van der Waals surface area contributed by atoms with Crippen molar-refractivity contribution in [3.63, 3.8) is 0 Å². The number of rotatable bonds is 2. The number of amides is 1. The molecule has 1 atom stereocenters. The Morgan fingerprint density at radius 1 is 1.53 bits per heavy atom. The maximum absolute atomic E-state index is 12.3. The lowest BCUT2D eigenvalue weighted by atomic mass is 9.89. The van der Waals surface area contributed by atoms with Crippen LogP contribution < -0.4 is 5.32 Å². The summed E-state index contributed by atoms with van der Waals surface area (Å²) in [5.41, 5.74) is 4.01. The number of pyridine rings is 1. The molecule has 98 valence electrons. The Hall–Kier alpha value is -2.17. The molecule has 0 saturated heterocycles. The summed E-state index contributed by atoms with van der Waals surface area (Å²) in [7, 11) is 0. The van der Waals surface area contributed by atoms with Crippen molar-refractivity contribution in [2.45, 2.75) is 26.2 Å². The van der Waals surface area contributed by atoms with Gasteiger partial charge in [-0.2, -0.15) is 0 Å². The summed E-state index contributed by atoms with van der Waals surface area (Å²) < 4.78 is 0. The van der Waals surface area contributed by atoms with E-state index in [9.17, 15) is 4.79 Å². The highest BCUT2D eigenvalue weighted by molar-refractivity contribution is 5.93. The van der Waals surface area contributed by atoms with Crippen LogP contribution >= 0.6 is 0 Å². The fraction of sp³-hybridized carbons (Fsp3) is 0.357. The first kappa shape index (κ1) is 11.9. The second-order valence-corrected chi connectivity index (χ2v) is 4.95. The van der Waals surface area contributed by atoms with Crippen LogP contribution in [0.25, 0.3) is 0 Å². The SMILES string of the molecule is Cc1ccncc1NC(=O)[C@H]1CCc2nc[nH]c2C1. The minimum Gasteiger partial charge on any atom is -0.348 e. The zero-order valence-corrected chi connectivity index (χ0v) is 10.8. The van der Waals surface area contributed by atoms with Crippen molar-refractivity contribution in [1.82, 2.24) is 15.0 Å². The molecule has 2 aromatic rings. The van der Waals surface area contributed by atoms with Crippen LogP contribution in [0.5, 0.6) is 0 Å². The number of carbonyl (C=O) groups is 1. The normalized spacial score (nSPS) is 17.8. The highest BCUT2D eigenvalue weighted by Gasteiger charge is 2.26. The van der Waals surface area contributed by atoms with Crippen LogP contribution in [-0.4, -0.2) is 20.9 Å². The first-order valence-electron chi connectivity index (χ1n) is 6.46. The molecule has 0 aliphatic heterocycles. The molecule has 19 heavy (non-hydrogen) atoms. The molecule has 1 aliphatic carbocycles. The number of hydrogen-bond acceptors (Lipinski definition) is 3. The topological polar surface area (TPSA) is 70.7 Å². The van der Waals surface area contributed by atoms with E-state index in [0.717, 1.165) is 41.9 Å². The van der Waals surface area contributed by atoms with Crippen molar-refractivity contribution in [3.05, 3.63) is 41.7 Å². The van der Waals surface area contributed by atoms with Crippen molar-refractivity contribution >= 4 is 11.6 Å². The van der Waals surface area contributed by atoms with Crippen LogP contribution in [0.15, 0.2) is 24.8 Å². The lowest BCUT2D eigenvalue weighted by Gasteiger charge is -2.21. The summed E-state index contributed by atoms with van der Waals surface area (Å²) in [5.74, 6) is 0.0731. The van der Waals surface area contributed by atoms with Crippen LogP contribution in [0, 0.1) is 12.8 Å². The first-order chi connectivity index (χ1) is 9.24. The number of nitrogens with zero attached hydrogens (tertiary/aromatic N) is 2. The number of H-pyrrole nitrogens is 1. The van der Waals surface area contributed by atoms with Gasteiger partial charge in [-0.3, -0.25) is 9.78 Å². The molecule has 2 heterocycles. The number of nitrogens with one attached hydrogen (secondary N) is 2. The van der Waals surface area contributed by atoms with Gasteiger partial charge in [-0.1, -0.05) is 0 Å². The summed E-state index contributed by atoms with van der Waals surface area (Å²) in [4.78, 5) is 23.7. The van der Waals surface area contributed by atoms with Crippen molar-refractivity contribution in [3.8, 4) is 0 Å². The molecule has 1 aliphatic rings. The molecule has 0 spiro atoms. The number of carbonyl (C=O) groups excluding carboxylic acids is 1. The predicted molar refractivity (Wildman–Crippen MR) is 71.7 cm³/mol. The van der Waals surface area contributed by atoms with E-state index < -0.39 is 0 Å². The average molecular weight is 256 g/mol. The van der Waals surface area contributed by atoms with E-state index in [-0.39, 0.29) is 11.8 Å². The summed E-state index contributed by atoms with van der Waals surface area (Å²) in [6, 6.07) is 1.89. The second kappa shape index (κ2) is 4.84. The van der Waals surface area contributed by atoms with Crippen molar-refractivity contribution in [1.29, 1.82) is 0 Å². The smallest absolute Gasteiger partial charge is 0.227 e. The number of imidazole rings is 1. The highest BCUT2D eigenvalue weighted by Crippen LogP contribution is 2.24. The van der Waals surface area contributed by atoms with Crippen LogP contribution in [-0.2, 0) is 17.6 Å². The third-order valence-electron chi connectivity index (χ3n) is 3.66. The van der Waals surface area contributed by atoms with E-state index in [1.165, 1.54) is 0 Å².